The average Bonchev–Trinajstić information content (AvgIpc) is 2.54. The molecule has 0 spiro atoms. The first-order valence-corrected chi connectivity index (χ1v) is 7.65. The van der Waals surface area contributed by atoms with Gasteiger partial charge in [0.25, 0.3) is 17.0 Å². The average molecular weight is 390 g/mol. The highest BCUT2D eigenvalue weighted by atomic mass is 16.6. The fraction of sp³-hybridized carbons (Fsp3) is 0.625. The van der Waals surface area contributed by atoms with Gasteiger partial charge in [-0.2, -0.15) is 0 Å². The van der Waals surface area contributed by atoms with Gasteiger partial charge in [0.05, 0.1) is 6.61 Å². The van der Waals surface area contributed by atoms with Gasteiger partial charge in [0, 0.05) is 20.8 Å². The van der Waals surface area contributed by atoms with Gasteiger partial charge in [0.15, 0.2) is 17.3 Å². The van der Waals surface area contributed by atoms with E-state index in [0.717, 1.165) is 13.8 Å². The van der Waals surface area contributed by atoms with Gasteiger partial charge in [0.2, 0.25) is 0 Å². The van der Waals surface area contributed by atoms with Crippen LogP contribution in [-0.2, 0) is 38.2 Å². The predicted octanol–water partition coefficient (Wildman–Crippen LogP) is -2.36. The maximum Gasteiger partial charge on any atom is 0.304 e. The standard InChI is InChI=1S/C16H22O11/c1-7(18)13(24)15(8(2)19,26-10(4)21)16(9(3)20,27-11(5)22)14(25)12(23)6-17/h12,14,17,23,25H,6H2,1-5H3/t12-,14-,15+,16+/m1/s1. The van der Waals surface area contributed by atoms with Crippen molar-refractivity contribution in [3.8, 4) is 0 Å². The number of hydrogen-bond acceptors (Lipinski definition) is 11. The Bertz CT molecular complexity index is 667. The molecule has 0 fully saturated rings. The van der Waals surface area contributed by atoms with Crippen LogP contribution >= 0.6 is 0 Å². The lowest BCUT2D eigenvalue weighted by atomic mass is 9.68. The van der Waals surface area contributed by atoms with E-state index in [9.17, 15) is 39.0 Å². The van der Waals surface area contributed by atoms with Crippen molar-refractivity contribution in [2.75, 3.05) is 6.61 Å². The Balaban J connectivity index is 7.41. The zero-order valence-corrected chi connectivity index (χ0v) is 15.5. The third kappa shape index (κ3) is 4.26. The normalized spacial score (nSPS) is 17.5. The van der Waals surface area contributed by atoms with Crippen molar-refractivity contribution >= 4 is 35.1 Å². The summed E-state index contributed by atoms with van der Waals surface area (Å²) in [7, 11) is 0. The quantitative estimate of drug-likeness (QED) is 0.206. The lowest BCUT2D eigenvalue weighted by molar-refractivity contribution is -0.236. The molecule has 0 saturated heterocycles. The molecule has 0 heterocycles. The molecule has 3 N–H and O–H groups in total. The van der Waals surface area contributed by atoms with Gasteiger partial charge in [-0.1, -0.05) is 0 Å². The summed E-state index contributed by atoms with van der Waals surface area (Å²) in [4.78, 5) is 72.6. The smallest absolute Gasteiger partial charge is 0.304 e. The molecule has 0 bridgehead atoms. The van der Waals surface area contributed by atoms with Gasteiger partial charge in [-0.25, -0.2) is 0 Å². The summed E-state index contributed by atoms with van der Waals surface area (Å²) in [5.41, 5.74) is -6.75. The summed E-state index contributed by atoms with van der Waals surface area (Å²) in [5.74, 6) is -8.62. The predicted molar refractivity (Wildman–Crippen MR) is 85.1 cm³/mol. The Morgan fingerprint density at radius 2 is 1.26 bits per heavy atom. The number of aliphatic hydroxyl groups is 3. The molecular formula is C16H22O11. The van der Waals surface area contributed by atoms with Gasteiger partial charge in [-0.3, -0.25) is 28.8 Å². The number of carbonyl (C=O) groups is 6. The molecule has 152 valence electrons. The molecule has 11 nitrogen and oxygen atoms in total. The zero-order valence-electron chi connectivity index (χ0n) is 15.5. The minimum atomic E-state index is -3.42. The van der Waals surface area contributed by atoms with Gasteiger partial charge in [-0.05, 0) is 13.8 Å². The lowest BCUT2D eigenvalue weighted by Crippen LogP contribution is -2.77. The van der Waals surface area contributed by atoms with Crippen molar-refractivity contribution in [1.29, 1.82) is 0 Å². The zero-order chi connectivity index (χ0) is 21.7. The van der Waals surface area contributed by atoms with Crippen LogP contribution in [0.3, 0.4) is 0 Å². The molecule has 0 aromatic carbocycles. The van der Waals surface area contributed by atoms with E-state index in [-0.39, 0.29) is 0 Å². The van der Waals surface area contributed by atoms with Crippen LogP contribution in [0.2, 0.25) is 0 Å². The maximum absolute atomic E-state index is 12.6. The molecule has 11 heteroatoms. The van der Waals surface area contributed by atoms with E-state index in [2.05, 4.69) is 0 Å². The molecule has 0 aromatic rings. The second-order valence-electron chi connectivity index (χ2n) is 5.80. The Kier molecular flexibility index (Phi) is 8.10. The molecule has 0 amide bonds. The van der Waals surface area contributed by atoms with E-state index in [4.69, 9.17) is 14.6 Å². The van der Waals surface area contributed by atoms with Crippen LogP contribution in [-0.4, -0.2) is 80.4 Å². The van der Waals surface area contributed by atoms with Crippen molar-refractivity contribution < 1.29 is 53.6 Å². The molecule has 0 rings (SSSR count). The van der Waals surface area contributed by atoms with Gasteiger partial charge in [-0.15, -0.1) is 0 Å². The minimum absolute atomic E-state index is 0.656. The van der Waals surface area contributed by atoms with Gasteiger partial charge >= 0.3 is 11.9 Å². The highest BCUT2D eigenvalue weighted by molar-refractivity contribution is 6.45. The third-order valence-corrected chi connectivity index (χ3v) is 3.75. The van der Waals surface area contributed by atoms with Crippen LogP contribution in [0.25, 0.3) is 0 Å². The van der Waals surface area contributed by atoms with Crippen molar-refractivity contribution in [3.63, 3.8) is 0 Å². The van der Waals surface area contributed by atoms with Crippen LogP contribution in [0.1, 0.15) is 34.6 Å². The van der Waals surface area contributed by atoms with E-state index in [1.165, 1.54) is 0 Å². The van der Waals surface area contributed by atoms with Crippen molar-refractivity contribution in [2.24, 2.45) is 0 Å². The highest BCUT2D eigenvalue weighted by Crippen LogP contribution is 2.39. The number of rotatable bonds is 10. The molecule has 0 aliphatic carbocycles. The monoisotopic (exact) mass is 390 g/mol. The van der Waals surface area contributed by atoms with Crippen LogP contribution in [0.4, 0.5) is 0 Å². The summed E-state index contributed by atoms with van der Waals surface area (Å²) in [6.45, 7) is 2.30. The second-order valence-corrected chi connectivity index (χ2v) is 5.80. The molecule has 0 aromatic heterocycles. The molecule has 4 atom stereocenters. The number of ether oxygens (including phenoxy) is 2. The van der Waals surface area contributed by atoms with Crippen molar-refractivity contribution in [2.45, 2.75) is 58.0 Å². The lowest BCUT2D eigenvalue weighted by Gasteiger charge is -2.46. The summed E-state index contributed by atoms with van der Waals surface area (Å²) in [6, 6.07) is 0. The number of Topliss-reactive ketones (excluding diaryl/α,β-unsaturated/α-hetero) is 4. The molecule has 0 saturated carbocycles. The van der Waals surface area contributed by atoms with Crippen LogP contribution < -0.4 is 0 Å². The SMILES string of the molecule is CC(=O)O[C@@](C(C)=O)(C(=O)C(C)=O)[C@](OC(C)=O)(C(C)=O)[C@H](O)[C@H](O)CO. The molecule has 0 radical (unpaired) electrons. The van der Waals surface area contributed by atoms with E-state index in [1.807, 2.05) is 0 Å². The number of carbonyl (C=O) groups excluding carboxylic acids is 6. The molecule has 0 unspecified atom stereocenters. The van der Waals surface area contributed by atoms with E-state index < -0.39 is 65.1 Å². The Hall–Kier alpha value is -2.50. The van der Waals surface area contributed by atoms with Crippen LogP contribution in [0.15, 0.2) is 0 Å². The van der Waals surface area contributed by atoms with E-state index in [0.29, 0.717) is 20.8 Å². The third-order valence-electron chi connectivity index (χ3n) is 3.75. The summed E-state index contributed by atoms with van der Waals surface area (Å²) in [5, 5.41) is 29.4. The van der Waals surface area contributed by atoms with Gasteiger partial charge in [0.1, 0.15) is 12.2 Å². The number of ketones is 4. The van der Waals surface area contributed by atoms with Crippen LogP contribution in [0, 0.1) is 0 Å². The van der Waals surface area contributed by atoms with Crippen LogP contribution in [0.5, 0.6) is 0 Å². The summed E-state index contributed by atoms with van der Waals surface area (Å²) in [6.07, 6.45) is -4.84. The first-order chi connectivity index (χ1) is 12.2. The highest BCUT2D eigenvalue weighted by Gasteiger charge is 2.73. The first kappa shape index (κ1) is 24.5. The molecule has 0 aliphatic heterocycles. The van der Waals surface area contributed by atoms with Gasteiger partial charge < -0.3 is 24.8 Å². The Morgan fingerprint density at radius 1 is 0.815 bits per heavy atom. The number of aliphatic hydroxyl groups excluding tert-OH is 3. The fourth-order valence-electron chi connectivity index (χ4n) is 2.71. The molecule has 27 heavy (non-hydrogen) atoms. The maximum atomic E-state index is 12.6. The molecular weight excluding hydrogens is 368 g/mol. The Morgan fingerprint density at radius 3 is 1.52 bits per heavy atom. The molecule has 0 aliphatic rings. The van der Waals surface area contributed by atoms with E-state index >= 15 is 0 Å². The van der Waals surface area contributed by atoms with Crippen molar-refractivity contribution in [3.05, 3.63) is 0 Å². The van der Waals surface area contributed by atoms with E-state index in [1.54, 1.807) is 0 Å². The topological polar surface area (TPSA) is 182 Å². The fourth-order valence-corrected chi connectivity index (χ4v) is 2.71. The Labute approximate surface area is 154 Å². The minimum Gasteiger partial charge on any atom is -0.443 e. The largest absolute Gasteiger partial charge is 0.443 e. The second kappa shape index (κ2) is 8.93. The number of esters is 2. The first-order valence-electron chi connectivity index (χ1n) is 7.65. The summed E-state index contributed by atoms with van der Waals surface area (Å²) < 4.78 is 9.56. The van der Waals surface area contributed by atoms with Crippen molar-refractivity contribution in [1.82, 2.24) is 0 Å². The number of hydrogen-bond donors (Lipinski definition) is 3. The summed E-state index contributed by atoms with van der Waals surface area (Å²) >= 11 is 0.